The van der Waals surface area contributed by atoms with E-state index in [2.05, 4.69) is 15.5 Å². The van der Waals surface area contributed by atoms with Crippen molar-refractivity contribution in [3.63, 3.8) is 0 Å². The number of hydrogen-bond donors (Lipinski definition) is 1. The fourth-order valence-electron chi connectivity index (χ4n) is 2.33. The number of nitrogens with one attached hydrogen (secondary N) is 1. The molecule has 0 spiro atoms. The number of carbonyl (C=O) groups excluding carboxylic acids is 1. The zero-order valence-electron chi connectivity index (χ0n) is 15.2. The van der Waals surface area contributed by atoms with Crippen LogP contribution in [0, 0.1) is 0 Å². The molecule has 1 aromatic carbocycles. The van der Waals surface area contributed by atoms with E-state index in [0.717, 1.165) is 15.3 Å². The summed E-state index contributed by atoms with van der Waals surface area (Å²) in [6.45, 7) is 1.98. The molecule has 2 aromatic heterocycles. The lowest BCUT2D eigenvalue weighted by Crippen LogP contribution is -2.17. The summed E-state index contributed by atoms with van der Waals surface area (Å²) in [6.07, 6.45) is 3.60. The Morgan fingerprint density at radius 2 is 2.00 bits per heavy atom. The van der Waals surface area contributed by atoms with Crippen molar-refractivity contribution >= 4 is 29.4 Å². The van der Waals surface area contributed by atoms with Gasteiger partial charge in [0.25, 0.3) is 5.89 Å². The SMILES string of the molecule is COc1ccc(/C=C/c2nc(-c3ccc(CNC(C)=O)s3)no2)cc1OC. The standard InChI is InChI=1S/C19H19N3O4S/c1-12(23)20-11-14-6-8-17(27-14)19-21-18(26-22-19)9-5-13-4-7-15(24-2)16(10-13)25-3/h4-10H,11H2,1-3H3,(H,20,23)/b9-5+. The second kappa shape index (κ2) is 8.50. The Balaban J connectivity index is 1.71. The average molecular weight is 385 g/mol. The van der Waals surface area contributed by atoms with Crippen molar-refractivity contribution in [1.82, 2.24) is 15.5 Å². The van der Waals surface area contributed by atoms with E-state index in [1.807, 2.05) is 36.4 Å². The van der Waals surface area contributed by atoms with Crippen LogP contribution in [0.1, 0.15) is 23.3 Å². The number of benzene rings is 1. The Kier molecular flexibility index (Phi) is 5.87. The minimum atomic E-state index is -0.0629. The summed E-state index contributed by atoms with van der Waals surface area (Å²) >= 11 is 1.51. The van der Waals surface area contributed by atoms with Crippen molar-refractivity contribution in [1.29, 1.82) is 0 Å². The second-order valence-electron chi connectivity index (χ2n) is 5.58. The van der Waals surface area contributed by atoms with Crippen LogP contribution >= 0.6 is 11.3 Å². The summed E-state index contributed by atoms with van der Waals surface area (Å²) in [5, 5.41) is 6.77. The fourth-order valence-corrected chi connectivity index (χ4v) is 3.20. The summed E-state index contributed by atoms with van der Waals surface area (Å²) in [5.74, 6) is 2.17. The maximum atomic E-state index is 11.0. The fraction of sp³-hybridized carbons (Fsp3) is 0.211. The Morgan fingerprint density at radius 1 is 1.19 bits per heavy atom. The van der Waals surface area contributed by atoms with E-state index in [1.165, 1.54) is 18.3 Å². The quantitative estimate of drug-likeness (QED) is 0.668. The summed E-state index contributed by atoms with van der Waals surface area (Å²) < 4.78 is 15.8. The predicted molar refractivity (Wildman–Crippen MR) is 104 cm³/mol. The topological polar surface area (TPSA) is 86.5 Å². The summed E-state index contributed by atoms with van der Waals surface area (Å²) in [6, 6.07) is 9.45. The van der Waals surface area contributed by atoms with Gasteiger partial charge < -0.3 is 19.3 Å². The third-order valence-corrected chi connectivity index (χ3v) is 4.74. The molecule has 8 heteroatoms. The van der Waals surface area contributed by atoms with Gasteiger partial charge in [-0.25, -0.2) is 0 Å². The van der Waals surface area contributed by atoms with E-state index < -0.39 is 0 Å². The lowest BCUT2D eigenvalue weighted by molar-refractivity contribution is -0.119. The average Bonchev–Trinajstić information content (AvgIpc) is 3.33. The van der Waals surface area contributed by atoms with Crippen molar-refractivity contribution in [2.24, 2.45) is 0 Å². The molecule has 3 aromatic rings. The highest BCUT2D eigenvalue weighted by Crippen LogP contribution is 2.29. The van der Waals surface area contributed by atoms with Crippen molar-refractivity contribution in [3.05, 3.63) is 46.7 Å². The number of ether oxygens (including phenoxy) is 2. The van der Waals surface area contributed by atoms with Gasteiger partial charge in [0.2, 0.25) is 11.7 Å². The maximum Gasteiger partial charge on any atom is 0.250 e. The summed E-state index contributed by atoms with van der Waals surface area (Å²) in [7, 11) is 3.19. The molecular weight excluding hydrogens is 366 g/mol. The highest BCUT2D eigenvalue weighted by Gasteiger charge is 2.10. The first-order chi connectivity index (χ1) is 13.1. The van der Waals surface area contributed by atoms with Crippen LogP contribution in [0.3, 0.4) is 0 Å². The van der Waals surface area contributed by atoms with Crippen LogP contribution in [0.15, 0.2) is 34.9 Å². The second-order valence-corrected chi connectivity index (χ2v) is 6.75. The van der Waals surface area contributed by atoms with Gasteiger partial charge >= 0.3 is 0 Å². The van der Waals surface area contributed by atoms with E-state index in [4.69, 9.17) is 14.0 Å². The van der Waals surface area contributed by atoms with Crippen molar-refractivity contribution in [2.75, 3.05) is 14.2 Å². The smallest absolute Gasteiger partial charge is 0.250 e. The van der Waals surface area contributed by atoms with Gasteiger partial charge in [-0.1, -0.05) is 11.2 Å². The minimum Gasteiger partial charge on any atom is -0.493 e. The van der Waals surface area contributed by atoms with Gasteiger partial charge in [0.1, 0.15) is 0 Å². The number of hydrogen-bond acceptors (Lipinski definition) is 7. The highest BCUT2D eigenvalue weighted by molar-refractivity contribution is 7.15. The molecule has 140 valence electrons. The molecule has 0 fully saturated rings. The molecule has 0 unspecified atom stereocenters. The van der Waals surface area contributed by atoms with E-state index >= 15 is 0 Å². The van der Waals surface area contributed by atoms with Crippen LogP contribution in [0.2, 0.25) is 0 Å². The van der Waals surface area contributed by atoms with Crippen LogP contribution in [0.5, 0.6) is 11.5 Å². The van der Waals surface area contributed by atoms with Crippen LogP contribution in [0.4, 0.5) is 0 Å². The third-order valence-electron chi connectivity index (χ3n) is 3.66. The number of methoxy groups -OCH3 is 2. The van der Waals surface area contributed by atoms with Gasteiger partial charge in [-0.15, -0.1) is 11.3 Å². The number of rotatable bonds is 7. The molecule has 1 N–H and O–H groups in total. The molecule has 0 radical (unpaired) electrons. The molecule has 0 aliphatic heterocycles. The molecule has 0 saturated heterocycles. The van der Waals surface area contributed by atoms with E-state index in [0.29, 0.717) is 29.8 Å². The van der Waals surface area contributed by atoms with Crippen LogP contribution in [0.25, 0.3) is 22.9 Å². The zero-order chi connectivity index (χ0) is 19.2. The molecule has 0 bridgehead atoms. The van der Waals surface area contributed by atoms with Crippen LogP contribution < -0.4 is 14.8 Å². The summed E-state index contributed by atoms with van der Waals surface area (Å²) in [5.41, 5.74) is 0.918. The van der Waals surface area contributed by atoms with Crippen LogP contribution in [-0.4, -0.2) is 30.3 Å². The predicted octanol–water partition coefficient (Wildman–Crippen LogP) is 3.62. The Hall–Kier alpha value is -3.13. The minimum absolute atomic E-state index is 0.0629. The first-order valence-electron chi connectivity index (χ1n) is 8.16. The Labute approximate surface area is 160 Å². The molecule has 1 amide bonds. The number of thiophene rings is 1. The first-order valence-corrected chi connectivity index (χ1v) is 8.98. The summed E-state index contributed by atoms with van der Waals surface area (Å²) in [4.78, 5) is 17.3. The van der Waals surface area contributed by atoms with Gasteiger partial charge in [0, 0.05) is 17.9 Å². The first kappa shape index (κ1) is 18.7. The van der Waals surface area contributed by atoms with Gasteiger partial charge in [0.05, 0.1) is 25.6 Å². The van der Waals surface area contributed by atoms with E-state index in [9.17, 15) is 4.79 Å². The van der Waals surface area contributed by atoms with E-state index in [1.54, 1.807) is 20.3 Å². The van der Waals surface area contributed by atoms with Gasteiger partial charge in [0.15, 0.2) is 11.5 Å². The van der Waals surface area contributed by atoms with E-state index in [-0.39, 0.29) is 5.91 Å². The molecule has 2 heterocycles. The maximum absolute atomic E-state index is 11.0. The number of amides is 1. The molecular formula is C19H19N3O4S. The molecule has 7 nitrogen and oxygen atoms in total. The third kappa shape index (κ3) is 4.73. The van der Waals surface area contributed by atoms with Crippen molar-refractivity contribution in [2.45, 2.75) is 13.5 Å². The highest BCUT2D eigenvalue weighted by atomic mass is 32.1. The monoisotopic (exact) mass is 385 g/mol. The molecule has 3 rings (SSSR count). The van der Waals surface area contributed by atoms with Crippen molar-refractivity contribution in [3.8, 4) is 22.2 Å². The number of aromatic nitrogens is 2. The van der Waals surface area contributed by atoms with Crippen molar-refractivity contribution < 1.29 is 18.8 Å². The number of carbonyl (C=O) groups is 1. The Bertz CT molecular complexity index is 962. The van der Waals surface area contributed by atoms with Crippen LogP contribution in [-0.2, 0) is 11.3 Å². The lowest BCUT2D eigenvalue weighted by Gasteiger charge is -2.07. The lowest BCUT2D eigenvalue weighted by atomic mass is 10.2. The molecule has 0 atom stereocenters. The van der Waals surface area contributed by atoms with Gasteiger partial charge in [-0.2, -0.15) is 4.98 Å². The molecule has 0 saturated carbocycles. The van der Waals surface area contributed by atoms with Gasteiger partial charge in [-0.3, -0.25) is 4.79 Å². The Morgan fingerprint density at radius 3 is 2.74 bits per heavy atom. The number of nitrogens with zero attached hydrogens (tertiary/aromatic N) is 2. The van der Waals surface area contributed by atoms with Gasteiger partial charge in [-0.05, 0) is 35.9 Å². The molecule has 0 aliphatic carbocycles. The molecule has 0 aliphatic rings. The largest absolute Gasteiger partial charge is 0.493 e. The normalized spacial score (nSPS) is 10.9. The molecule has 27 heavy (non-hydrogen) atoms. The zero-order valence-corrected chi connectivity index (χ0v) is 16.0.